The molecule has 17 heavy (non-hydrogen) atoms. The number of likely N-dealkylation sites (tertiary alicyclic amines) is 1. The Hall–Kier alpha value is -0.870. The first-order valence-electron chi connectivity index (χ1n) is 6.63. The van der Waals surface area contributed by atoms with Crippen molar-refractivity contribution in [2.24, 2.45) is 13.0 Å². The minimum atomic E-state index is 0.537. The van der Waals surface area contributed by atoms with Gasteiger partial charge in [-0.3, -0.25) is 9.58 Å². The summed E-state index contributed by atoms with van der Waals surface area (Å²) in [4.78, 5) is 2.59. The van der Waals surface area contributed by atoms with Crippen molar-refractivity contribution in [1.82, 2.24) is 20.0 Å². The van der Waals surface area contributed by atoms with Crippen molar-refractivity contribution in [2.75, 3.05) is 26.7 Å². The van der Waals surface area contributed by atoms with Crippen LogP contribution in [0.2, 0.25) is 0 Å². The van der Waals surface area contributed by atoms with Gasteiger partial charge in [-0.2, -0.15) is 5.10 Å². The summed E-state index contributed by atoms with van der Waals surface area (Å²) in [5.41, 5.74) is 1.37. The first-order valence-corrected chi connectivity index (χ1v) is 6.63. The van der Waals surface area contributed by atoms with Gasteiger partial charge in [0.15, 0.2) is 0 Å². The number of nitrogens with zero attached hydrogens (tertiary/aromatic N) is 3. The molecule has 96 valence electrons. The van der Waals surface area contributed by atoms with Gasteiger partial charge in [0, 0.05) is 24.8 Å². The van der Waals surface area contributed by atoms with Crippen LogP contribution in [0.4, 0.5) is 0 Å². The maximum absolute atomic E-state index is 4.32. The van der Waals surface area contributed by atoms with E-state index in [1.54, 1.807) is 0 Å². The fraction of sp³-hybridized carbons (Fsp3) is 0.769. The van der Waals surface area contributed by atoms with E-state index >= 15 is 0 Å². The van der Waals surface area contributed by atoms with Crippen LogP contribution in [-0.2, 0) is 7.05 Å². The highest BCUT2D eigenvalue weighted by molar-refractivity contribution is 5.13. The molecule has 2 rings (SSSR count). The normalized spacial score (nSPS) is 26.3. The summed E-state index contributed by atoms with van der Waals surface area (Å²) in [6.07, 6.45) is 6.83. The third-order valence-corrected chi connectivity index (χ3v) is 3.80. The molecule has 0 spiro atoms. The Morgan fingerprint density at radius 3 is 2.94 bits per heavy atom. The second-order valence-electron chi connectivity index (χ2n) is 4.98. The highest BCUT2D eigenvalue weighted by Crippen LogP contribution is 2.35. The van der Waals surface area contributed by atoms with Gasteiger partial charge in [0.25, 0.3) is 0 Å². The molecule has 0 radical (unpaired) electrons. The van der Waals surface area contributed by atoms with Crippen molar-refractivity contribution in [3.63, 3.8) is 0 Å². The number of hydrogen-bond acceptors (Lipinski definition) is 3. The average molecular weight is 236 g/mol. The Kier molecular flexibility index (Phi) is 4.18. The van der Waals surface area contributed by atoms with E-state index in [1.807, 2.05) is 25.0 Å². The van der Waals surface area contributed by atoms with E-state index < -0.39 is 0 Å². The molecule has 0 aromatic carbocycles. The third kappa shape index (κ3) is 2.69. The number of piperidine rings is 1. The molecule has 0 bridgehead atoms. The zero-order chi connectivity index (χ0) is 12.3. The molecule has 2 unspecified atom stereocenters. The van der Waals surface area contributed by atoms with E-state index in [-0.39, 0.29) is 0 Å². The van der Waals surface area contributed by atoms with Crippen LogP contribution in [0.25, 0.3) is 0 Å². The Bertz CT molecular complexity index is 345. The van der Waals surface area contributed by atoms with E-state index in [0.717, 1.165) is 13.1 Å². The van der Waals surface area contributed by atoms with Gasteiger partial charge in [0.2, 0.25) is 0 Å². The topological polar surface area (TPSA) is 33.1 Å². The summed E-state index contributed by atoms with van der Waals surface area (Å²) in [7, 11) is 4.04. The second-order valence-corrected chi connectivity index (χ2v) is 4.98. The lowest BCUT2D eigenvalue weighted by Crippen LogP contribution is -2.41. The van der Waals surface area contributed by atoms with Crippen LogP contribution in [-0.4, -0.2) is 41.4 Å². The lowest BCUT2D eigenvalue weighted by Gasteiger charge is -2.40. The standard InChI is InChI=1S/C13H24N4/c1-4-17-7-5-6-11(8-14-2)13(17)12-9-15-16(3)10-12/h9-11,13-14H,4-8H2,1-3H3. The largest absolute Gasteiger partial charge is 0.319 e. The van der Waals surface area contributed by atoms with Crippen LogP contribution in [0.3, 0.4) is 0 Å². The average Bonchev–Trinajstić information content (AvgIpc) is 2.75. The summed E-state index contributed by atoms with van der Waals surface area (Å²) in [6, 6.07) is 0.537. The van der Waals surface area contributed by atoms with Crippen LogP contribution < -0.4 is 5.32 Å². The van der Waals surface area contributed by atoms with Crippen molar-refractivity contribution in [3.05, 3.63) is 18.0 Å². The van der Waals surface area contributed by atoms with Crippen LogP contribution >= 0.6 is 0 Å². The van der Waals surface area contributed by atoms with Crippen LogP contribution in [0.1, 0.15) is 31.4 Å². The third-order valence-electron chi connectivity index (χ3n) is 3.80. The molecule has 1 aliphatic rings. The molecule has 1 fully saturated rings. The number of rotatable bonds is 4. The monoisotopic (exact) mass is 236 g/mol. The first kappa shape index (κ1) is 12.6. The fourth-order valence-electron chi connectivity index (χ4n) is 3.06. The molecule has 0 amide bonds. The molecule has 1 saturated heterocycles. The lowest BCUT2D eigenvalue weighted by atomic mass is 9.85. The Labute approximate surface area is 104 Å². The molecule has 1 aliphatic heterocycles. The molecule has 1 N–H and O–H groups in total. The zero-order valence-corrected chi connectivity index (χ0v) is 11.2. The van der Waals surface area contributed by atoms with E-state index in [1.165, 1.54) is 24.9 Å². The fourth-order valence-corrected chi connectivity index (χ4v) is 3.06. The van der Waals surface area contributed by atoms with Gasteiger partial charge >= 0.3 is 0 Å². The number of aromatic nitrogens is 2. The van der Waals surface area contributed by atoms with Gasteiger partial charge in [-0.15, -0.1) is 0 Å². The quantitative estimate of drug-likeness (QED) is 0.858. The van der Waals surface area contributed by atoms with Gasteiger partial charge in [-0.25, -0.2) is 0 Å². The smallest absolute Gasteiger partial charge is 0.0537 e. The van der Waals surface area contributed by atoms with Crippen LogP contribution in [0, 0.1) is 5.92 Å². The molecule has 1 aromatic rings. The summed E-state index contributed by atoms with van der Waals surface area (Å²) >= 11 is 0. The Morgan fingerprint density at radius 2 is 2.35 bits per heavy atom. The van der Waals surface area contributed by atoms with Crippen LogP contribution in [0.15, 0.2) is 12.4 Å². The van der Waals surface area contributed by atoms with Crippen molar-refractivity contribution >= 4 is 0 Å². The summed E-state index contributed by atoms with van der Waals surface area (Å²) < 4.78 is 1.91. The minimum Gasteiger partial charge on any atom is -0.319 e. The van der Waals surface area contributed by atoms with Gasteiger partial charge in [0.1, 0.15) is 0 Å². The van der Waals surface area contributed by atoms with Crippen molar-refractivity contribution in [3.8, 4) is 0 Å². The molecule has 0 saturated carbocycles. The SMILES string of the molecule is CCN1CCCC(CNC)C1c1cnn(C)c1. The van der Waals surface area contributed by atoms with Crippen LogP contribution in [0.5, 0.6) is 0 Å². The molecule has 4 nitrogen and oxygen atoms in total. The summed E-state index contributed by atoms with van der Waals surface area (Å²) in [5.74, 6) is 0.706. The molecule has 4 heteroatoms. The van der Waals surface area contributed by atoms with E-state index in [0.29, 0.717) is 12.0 Å². The highest BCUT2D eigenvalue weighted by atomic mass is 15.3. The number of hydrogen-bond donors (Lipinski definition) is 1. The minimum absolute atomic E-state index is 0.537. The molecule has 1 aromatic heterocycles. The van der Waals surface area contributed by atoms with Gasteiger partial charge in [-0.05, 0) is 45.4 Å². The molecular formula is C13H24N4. The first-order chi connectivity index (χ1) is 8.26. The van der Waals surface area contributed by atoms with E-state index in [9.17, 15) is 0 Å². The summed E-state index contributed by atoms with van der Waals surface area (Å²) in [5, 5.41) is 7.66. The van der Waals surface area contributed by atoms with E-state index in [4.69, 9.17) is 0 Å². The van der Waals surface area contributed by atoms with Crippen molar-refractivity contribution in [2.45, 2.75) is 25.8 Å². The second kappa shape index (κ2) is 5.65. The van der Waals surface area contributed by atoms with E-state index in [2.05, 4.69) is 28.4 Å². The zero-order valence-electron chi connectivity index (χ0n) is 11.2. The number of aryl methyl sites for hydroxylation is 1. The Morgan fingerprint density at radius 1 is 1.53 bits per heavy atom. The Balaban J connectivity index is 2.21. The molecule has 2 heterocycles. The van der Waals surface area contributed by atoms with Gasteiger partial charge < -0.3 is 5.32 Å². The molecule has 2 atom stereocenters. The highest BCUT2D eigenvalue weighted by Gasteiger charge is 2.31. The maximum Gasteiger partial charge on any atom is 0.0537 e. The molecule has 0 aliphatic carbocycles. The van der Waals surface area contributed by atoms with Crippen molar-refractivity contribution < 1.29 is 0 Å². The molecular weight excluding hydrogens is 212 g/mol. The maximum atomic E-state index is 4.32. The lowest BCUT2D eigenvalue weighted by molar-refractivity contribution is 0.0981. The van der Waals surface area contributed by atoms with Gasteiger partial charge in [0.05, 0.1) is 6.20 Å². The predicted molar refractivity (Wildman–Crippen MR) is 69.8 cm³/mol. The predicted octanol–water partition coefficient (Wildman–Crippen LogP) is 1.41. The summed E-state index contributed by atoms with van der Waals surface area (Å²) in [6.45, 7) is 5.69. The van der Waals surface area contributed by atoms with Gasteiger partial charge in [-0.1, -0.05) is 6.92 Å². The number of nitrogens with one attached hydrogen (secondary N) is 1. The van der Waals surface area contributed by atoms with Crippen molar-refractivity contribution in [1.29, 1.82) is 0 Å².